The predicted octanol–water partition coefficient (Wildman–Crippen LogP) is 4.33. The highest BCUT2D eigenvalue weighted by molar-refractivity contribution is 6.32. The highest BCUT2D eigenvalue weighted by Gasteiger charge is 2.25. The maximum Gasteiger partial charge on any atom is 0.256 e. The van der Waals surface area contributed by atoms with Crippen molar-refractivity contribution >= 4 is 34.0 Å². The molecule has 1 amide bonds. The minimum absolute atomic E-state index is 0.0184. The summed E-state index contributed by atoms with van der Waals surface area (Å²) in [5.74, 6) is 0.983. The highest BCUT2D eigenvalue weighted by Crippen LogP contribution is 2.34. The Kier molecular flexibility index (Phi) is 5.24. The van der Waals surface area contributed by atoms with Gasteiger partial charge < -0.3 is 14.7 Å². The van der Waals surface area contributed by atoms with Crippen LogP contribution in [0.1, 0.15) is 31.4 Å². The van der Waals surface area contributed by atoms with Crippen LogP contribution in [0.4, 0.5) is 11.5 Å². The largest absolute Gasteiger partial charge is 0.354 e. The minimum atomic E-state index is 0.0184. The van der Waals surface area contributed by atoms with E-state index in [1.807, 2.05) is 38.1 Å². The molecule has 5 rings (SSSR count). The number of allylic oxidation sites excluding steroid dienone is 1. The van der Waals surface area contributed by atoms with Crippen molar-refractivity contribution in [3.63, 3.8) is 0 Å². The summed E-state index contributed by atoms with van der Waals surface area (Å²) in [4.78, 5) is 17.1. The third kappa shape index (κ3) is 3.83. The fourth-order valence-corrected chi connectivity index (χ4v) is 4.66. The summed E-state index contributed by atoms with van der Waals surface area (Å²) in [6, 6.07) is 14.4. The van der Waals surface area contributed by atoms with Crippen LogP contribution in [-0.2, 0) is 11.2 Å². The zero-order valence-corrected chi connectivity index (χ0v) is 18.1. The van der Waals surface area contributed by atoms with E-state index in [4.69, 9.17) is 4.52 Å². The Hall–Kier alpha value is -3.12. The van der Waals surface area contributed by atoms with Crippen LogP contribution in [0.15, 0.2) is 52.6 Å². The van der Waals surface area contributed by atoms with Crippen LogP contribution in [0.5, 0.6) is 0 Å². The molecule has 0 unspecified atom stereocenters. The average molecular weight is 417 g/mol. The first kappa shape index (κ1) is 19.8. The number of hydrogen-bond acceptors (Lipinski definition) is 5. The van der Waals surface area contributed by atoms with Crippen molar-refractivity contribution in [2.24, 2.45) is 0 Å². The number of carbonyl (C=O) groups excluding carboxylic acids is 1. The van der Waals surface area contributed by atoms with Gasteiger partial charge in [-0.15, -0.1) is 0 Å². The molecule has 160 valence electrons. The van der Waals surface area contributed by atoms with E-state index >= 15 is 0 Å². The van der Waals surface area contributed by atoms with Crippen LogP contribution < -0.4 is 10.2 Å². The number of carbonyl (C=O) groups is 1. The zero-order valence-electron chi connectivity index (χ0n) is 18.1. The van der Waals surface area contributed by atoms with Crippen LogP contribution in [0.25, 0.3) is 16.5 Å². The topological polar surface area (TPSA) is 61.6 Å². The summed E-state index contributed by atoms with van der Waals surface area (Å²) in [6.07, 6.45) is 2.13. The molecule has 1 N–H and O–H groups in total. The first-order valence-electron chi connectivity index (χ1n) is 11.0. The first-order valence-corrected chi connectivity index (χ1v) is 11.0. The molecule has 1 aromatic heterocycles. The molecule has 0 saturated carbocycles. The Balaban J connectivity index is 1.15. The van der Waals surface area contributed by atoms with Crippen LogP contribution in [0.2, 0.25) is 0 Å². The number of aromatic nitrogens is 1. The lowest BCUT2D eigenvalue weighted by atomic mass is 9.99. The van der Waals surface area contributed by atoms with Gasteiger partial charge in [0.05, 0.1) is 5.39 Å². The maximum absolute atomic E-state index is 12.2. The van der Waals surface area contributed by atoms with Crippen LogP contribution >= 0.6 is 0 Å². The van der Waals surface area contributed by atoms with Crippen LogP contribution in [-0.4, -0.2) is 48.7 Å². The molecule has 0 atom stereocenters. The predicted molar refractivity (Wildman–Crippen MR) is 124 cm³/mol. The van der Waals surface area contributed by atoms with Gasteiger partial charge in [0.2, 0.25) is 0 Å². The van der Waals surface area contributed by atoms with Crippen molar-refractivity contribution in [3.8, 4) is 0 Å². The second-order valence-electron chi connectivity index (χ2n) is 8.64. The molecule has 2 aliphatic heterocycles. The average Bonchev–Trinajstić information content (AvgIpc) is 3.34. The zero-order chi connectivity index (χ0) is 21.4. The van der Waals surface area contributed by atoms with E-state index in [2.05, 4.69) is 38.5 Å². The maximum atomic E-state index is 12.2. The van der Waals surface area contributed by atoms with Crippen LogP contribution in [0.3, 0.4) is 0 Å². The van der Waals surface area contributed by atoms with Crippen molar-refractivity contribution in [3.05, 3.63) is 59.2 Å². The number of para-hydroxylation sites is 1. The lowest BCUT2D eigenvalue weighted by Gasteiger charge is -2.34. The Bertz CT molecular complexity index is 1150. The first-order chi connectivity index (χ1) is 15.1. The van der Waals surface area contributed by atoms with Gasteiger partial charge in [0.15, 0.2) is 11.4 Å². The number of nitrogens with zero attached hydrogens (tertiary/aromatic N) is 3. The SMILES string of the molecule is CC(C)=C1C(=O)Nc2ccc(CCCN3CCN(c4noc5ccccc45)CC3)cc21. The number of nitrogens with one attached hydrogen (secondary N) is 1. The molecule has 3 aromatic rings. The lowest BCUT2D eigenvalue weighted by molar-refractivity contribution is -0.110. The molecular formula is C25H28N4O2. The molecule has 6 nitrogen and oxygen atoms in total. The van der Waals surface area contributed by atoms with E-state index in [1.165, 1.54) is 5.56 Å². The van der Waals surface area contributed by atoms with E-state index in [1.54, 1.807) is 0 Å². The summed E-state index contributed by atoms with van der Waals surface area (Å²) >= 11 is 0. The Morgan fingerprint density at radius 1 is 1.10 bits per heavy atom. The van der Waals surface area contributed by atoms with Gasteiger partial charge in [-0.05, 0) is 63.1 Å². The van der Waals surface area contributed by atoms with E-state index in [9.17, 15) is 4.79 Å². The Morgan fingerprint density at radius 3 is 2.71 bits per heavy atom. The number of rotatable bonds is 5. The van der Waals surface area contributed by atoms with Crippen molar-refractivity contribution in [2.45, 2.75) is 26.7 Å². The van der Waals surface area contributed by atoms with E-state index in [0.29, 0.717) is 0 Å². The number of benzene rings is 2. The van der Waals surface area contributed by atoms with E-state index < -0.39 is 0 Å². The third-order valence-corrected chi connectivity index (χ3v) is 6.30. The molecule has 31 heavy (non-hydrogen) atoms. The van der Waals surface area contributed by atoms with Crippen LogP contribution in [0, 0.1) is 0 Å². The summed E-state index contributed by atoms with van der Waals surface area (Å²) in [5.41, 5.74) is 6.01. The summed E-state index contributed by atoms with van der Waals surface area (Å²) in [6.45, 7) is 9.07. The fraction of sp³-hybridized carbons (Fsp3) is 0.360. The molecule has 1 fully saturated rings. The van der Waals surface area contributed by atoms with Gasteiger partial charge in [-0.25, -0.2) is 0 Å². The number of piperazine rings is 1. The molecule has 2 aliphatic rings. The molecule has 1 saturated heterocycles. The second-order valence-corrected chi connectivity index (χ2v) is 8.64. The lowest BCUT2D eigenvalue weighted by Crippen LogP contribution is -2.46. The summed E-state index contributed by atoms with van der Waals surface area (Å²) in [5, 5.41) is 8.36. The standard InChI is InChI=1S/C25H28N4O2/c1-17(2)23-20-16-18(9-10-21(20)26-25(23)30)6-5-11-28-12-14-29(15-13-28)24-19-7-3-4-8-22(19)31-27-24/h3-4,7-10,16H,5-6,11-15H2,1-2H3,(H,26,30). The van der Waals surface area contributed by atoms with Crippen molar-refractivity contribution in [1.82, 2.24) is 10.1 Å². The molecule has 0 aliphatic carbocycles. The van der Waals surface area contributed by atoms with Gasteiger partial charge in [-0.2, -0.15) is 0 Å². The quantitative estimate of drug-likeness (QED) is 0.628. The highest BCUT2D eigenvalue weighted by atomic mass is 16.5. The monoisotopic (exact) mass is 416 g/mol. The van der Waals surface area contributed by atoms with E-state index in [-0.39, 0.29) is 5.91 Å². The van der Waals surface area contributed by atoms with E-state index in [0.717, 1.165) is 84.7 Å². The van der Waals surface area contributed by atoms with Crippen molar-refractivity contribution in [1.29, 1.82) is 0 Å². The molecule has 0 bridgehead atoms. The summed E-state index contributed by atoms with van der Waals surface area (Å²) in [7, 11) is 0. The van der Waals surface area contributed by atoms with Gasteiger partial charge in [-0.3, -0.25) is 9.69 Å². The Labute approximate surface area is 182 Å². The molecule has 3 heterocycles. The fourth-order valence-electron chi connectivity index (χ4n) is 4.66. The smallest absolute Gasteiger partial charge is 0.256 e. The van der Waals surface area contributed by atoms with Gasteiger partial charge in [0, 0.05) is 43.0 Å². The number of aryl methyl sites for hydroxylation is 1. The number of amides is 1. The molecular weight excluding hydrogens is 388 g/mol. The van der Waals surface area contributed by atoms with Crippen molar-refractivity contribution < 1.29 is 9.32 Å². The molecule has 2 aromatic carbocycles. The molecule has 0 spiro atoms. The van der Waals surface area contributed by atoms with Gasteiger partial charge in [0.1, 0.15) is 0 Å². The number of hydrogen-bond donors (Lipinski definition) is 1. The molecule has 6 heteroatoms. The third-order valence-electron chi connectivity index (χ3n) is 6.30. The minimum Gasteiger partial charge on any atom is -0.354 e. The van der Waals surface area contributed by atoms with Crippen molar-refractivity contribution in [2.75, 3.05) is 42.9 Å². The number of anilines is 2. The van der Waals surface area contributed by atoms with Gasteiger partial charge >= 0.3 is 0 Å². The second kappa shape index (κ2) is 8.19. The van der Waals surface area contributed by atoms with Gasteiger partial charge in [0.25, 0.3) is 5.91 Å². The number of fused-ring (bicyclic) bond motifs is 2. The normalized spacial score (nSPS) is 16.6. The molecule has 0 radical (unpaired) electrons. The van der Waals surface area contributed by atoms with Gasteiger partial charge in [-0.1, -0.05) is 28.9 Å². The summed E-state index contributed by atoms with van der Waals surface area (Å²) < 4.78 is 5.47. The Morgan fingerprint density at radius 2 is 1.90 bits per heavy atom.